The van der Waals surface area contributed by atoms with Gasteiger partial charge in [-0.15, -0.1) is 0 Å². The first-order valence-electron chi connectivity index (χ1n) is 9.07. The highest BCUT2D eigenvalue weighted by Crippen LogP contribution is 2.13. The number of carboxylic acids is 1. The Bertz CT molecular complexity index is 217. The van der Waals surface area contributed by atoms with Crippen molar-refractivity contribution in [3.8, 4) is 0 Å². The van der Waals surface area contributed by atoms with Gasteiger partial charge < -0.3 is 5.11 Å². The van der Waals surface area contributed by atoms with Gasteiger partial charge >= 0.3 is 5.97 Å². The Hall–Kier alpha value is -0.570. The predicted molar refractivity (Wildman–Crippen MR) is 87.1 cm³/mol. The molecule has 0 spiro atoms. The molecule has 0 atom stereocenters. The van der Waals surface area contributed by atoms with Crippen LogP contribution in [-0.2, 0) is 9.90 Å². The molecule has 1 N–H and O–H groups in total. The van der Waals surface area contributed by atoms with Gasteiger partial charge in [-0.1, -0.05) is 83.5 Å². The molecule has 0 fully saturated rings. The van der Waals surface area contributed by atoms with Crippen molar-refractivity contribution in [2.75, 3.05) is 6.61 Å². The highest BCUT2D eigenvalue weighted by Gasteiger charge is 1.97. The number of carbonyl (C=O) groups is 1. The van der Waals surface area contributed by atoms with E-state index in [1.807, 2.05) is 0 Å². The normalized spacial score (nSPS) is 10.9. The minimum atomic E-state index is -0.666. The topological polar surface area (TPSA) is 57.2 Å². The monoisotopic (exact) mass is 299 g/mol. The molecule has 0 aliphatic rings. The van der Waals surface area contributed by atoms with Crippen molar-refractivity contribution in [2.45, 2.75) is 103 Å². The average Bonchev–Trinajstić information content (AvgIpc) is 2.46. The zero-order valence-corrected chi connectivity index (χ0v) is 13.8. The lowest BCUT2D eigenvalue weighted by Crippen LogP contribution is -1.93. The van der Waals surface area contributed by atoms with Crippen molar-refractivity contribution in [3.63, 3.8) is 0 Å². The molecular formula is C18H35O3. The molecule has 0 bridgehead atoms. The van der Waals surface area contributed by atoms with Crippen LogP contribution in [0.1, 0.15) is 103 Å². The molecule has 0 unspecified atom stereocenters. The van der Waals surface area contributed by atoms with Gasteiger partial charge in [-0.3, -0.25) is 4.79 Å². The van der Waals surface area contributed by atoms with Crippen LogP contribution >= 0.6 is 0 Å². The van der Waals surface area contributed by atoms with Crippen molar-refractivity contribution in [2.24, 2.45) is 0 Å². The first kappa shape index (κ1) is 20.4. The molecule has 0 saturated heterocycles. The van der Waals surface area contributed by atoms with Gasteiger partial charge in [0.05, 0.1) is 6.61 Å². The predicted octanol–water partition coefficient (Wildman–Crippen LogP) is 5.74. The first-order chi connectivity index (χ1) is 10.3. The molecular weight excluding hydrogens is 264 g/mol. The van der Waals surface area contributed by atoms with Crippen molar-refractivity contribution < 1.29 is 15.0 Å². The lowest BCUT2D eigenvalue weighted by atomic mass is 10.0. The van der Waals surface area contributed by atoms with Gasteiger partial charge in [0.1, 0.15) is 0 Å². The van der Waals surface area contributed by atoms with Crippen LogP contribution in [0.2, 0.25) is 0 Å². The molecule has 0 aromatic carbocycles. The smallest absolute Gasteiger partial charge is 0.303 e. The second-order valence-electron chi connectivity index (χ2n) is 6.15. The Morgan fingerprint density at radius 1 is 0.524 bits per heavy atom. The number of hydrogen-bond donors (Lipinski definition) is 1. The first-order valence-corrected chi connectivity index (χ1v) is 9.07. The second kappa shape index (κ2) is 17.5. The summed E-state index contributed by atoms with van der Waals surface area (Å²) in [4.78, 5) is 10.3. The summed E-state index contributed by atoms with van der Waals surface area (Å²) in [5.74, 6) is -0.666. The summed E-state index contributed by atoms with van der Waals surface area (Å²) >= 11 is 0. The van der Waals surface area contributed by atoms with Crippen LogP contribution < -0.4 is 0 Å². The van der Waals surface area contributed by atoms with Gasteiger partial charge in [-0.05, 0) is 12.8 Å². The Balaban J connectivity index is 2.95. The summed E-state index contributed by atoms with van der Waals surface area (Å²) in [6.07, 6.45) is 18.6. The molecule has 0 amide bonds. The van der Waals surface area contributed by atoms with E-state index < -0.39 is 5.97 Å². The third-order valence-electron chi connectivity index (χ3n) is 4.03. The van der Waals surface area contributed by atoms with E-state index in [0.29, 0.717) is 6.42 Å². The largest absolute Gasteiger partial charge is 0.481 e. The number of rotatable bonds is 17. The van der Waals surface area contributed by atoms with Gasteiger partial charge in [-0.2, -0.15) is 0 Å². The van der Waals surface area contributed by atoms with E-state index in [1.165, 1.54) is 70.6 Å². The van der Waals surface area contributed by atoms with Crippen molar-refractivity contribution >= 4 is 5.97 Å². The van der Waals surface area contributed by atoms with Crippen LogP contribution in [0.4, 0.5) is 0 Å². The van der Waals surface area contributed by atoms with Gasteiger partial charge in [-0.25, -0.2) is 5.11 Å². The Kier molecular flexibility index (Phi) is 17.0. The number of carboxylic acid groups (broad SMARTS) is 1. The fourth-order valence-corrected chi connectivity index (χ4v) is 2.68. The van der Waals surface area contributed by atoms with E-state index in [9.17, 15) is 9.90 Å². The SMILES string of the molecule is [O]CCCCCCCCCCCCCCCCCC(=O)O. The van der Waals surface area contributed by atoms with Crippen LogP contribution in [-0.4, -0.2) is 17.7 Å². The molecule has 21 heavy (non-hydrogen) atoms. The fourth-order valence-electron chi connectivity index (χ4n) is 2.68. The van der Waals surface area contributed by atoms with E-state index in [-0.39, 0.29) is 6.61 Å². The van der Waals surface area contributed by atoms with Crippen molar-refractivity contribution in [1.29, 1.82) is 0 Å². The van der Waals surface area contributed by atoms with Crippen molar-refractivity contribution in [3.05, 3.63) is 0 Å². The van der Waals surface area contributed by atoms with Crippen molar-refractivity contribution in [1.82, 2.24) is 0 Å². The zero-order valence-electron chi connectivity index (χ0n) is 13.8. The standard InChI is InChI=1S/C18H35O3/c19-17-15-13-11-9-7-5-3-1-2-4-6-8-10-12-14-16-18(20)21/h1-17H2,(H,20,21). The molecule has 0 rings (SSSR count). The maximum Gasteiger partial charge on any atom is 0.303 e. The summed E-state index contributed by atoms with van der Waals surface area (Å²) < 4.78 is 0. The Morgan fingerprint density at radius 2 is 0.810 bits per heavy atom. The van der Waals surface area contributed by atoms with Gasteiger partial charge in [0.2, 0.25) is 0 Å². The Labute approximate surface area is 131 Å². The van der Waals surface area contributed by atoms with E-state index in [0.717, 1.165) is 25.7 Å². The summed E-state index contributed by atoms with van der Waals surface area (Å²) in [5, 5.41) is 18.8. The summed E-state index contributed by atoms with van der Waals surface area (Å²) in [6, 6.07) is 0. The van der Waals surface area contributed by atoms with E-state index in [2.05, 4.69) is 0 Å². The van der Waals surface area contributed by atoms with Gasteiger partial charge in [0, 0.05) is 6.42 Å². The molecule has 0 heterocycles. The van der Waals surface area contributed by atoms with Gasteiger partial charge in [0.25, 0.3) is 0 Å². The third-order valence-corrected chi connectivity index (χ3v) is 4.03. The van der Waals surface area contributed by atoms with Gasteiger partial charge in [0.15, 0.2) is 0 Å². The summed E-state index contributed by atoms with van der Waals surface area (Å²) in [7, 11) is 0. The highest BCUT2D eigenvalue weighted by molar-refractivity contribution is 5.66. The zero-order chi connectivity index (χ0) is 15.6. The molecule has 0 aromatic rings. The maximum atomic E-state index is 10.3. The minimum Gasteiger partial charge on any atom is -0.481 e. The average molecular weight is 299 g/mol. The quantitative estimate of drug-likeness (QED) is 0.348. The number of unbranched alkanes of at least 4 members (excludes halogenated alkanes) is 14. The molecule has 0 aromatic heterocycles. The lowest BCUT2D eigenvalue weighted by Gasteiger charge is -2.03. The molecule has 3 heteroatoms. The number of aliphatic carboxylic acids is 1. The summed E-state index contributed by atoms with van der Waals surface area (Å²) in [5.41, 5.74) is 0. The van der Waals surface area contributed by atoms with Crippen LogP contribution in [0.25, 0.3) is 0 Å². The third kappa shape index (κ3) is 19.4. The molecule has 3 nitrogen and oxygen atoms in total. The second-order valence-corrected chi connectivity index (χ2v) is 6.15. The summed E-state index contributed by atoms with van der Waals surface area (Å²) in [6.45, 7) is 0.0968. The van der Waals surface area contributed by atoms with Crippen LogP contribution in [0.5, 0.6) is 0 Å². The van der Waals surface area contributed by atoms with Crippen LogP contribution in [0.3, 0.4) is 0 Å². The molecule has 0 saturated carbocycles. The van der Waals surface area contributed by atoms with E-state index in [1.54, 1.807) is 0 Å². The molecule has 125 valence electrons. The molecule has 1 radical (unpaired) electrons. The van der Waals surface area contributed by atoms with E-state index >= 15 is 0 Å². The van der Waals surface area contributed by atoms with E-state index in [4.69, 9.17) is 5.11 Å². The molecule has 0 aliphatic heterocycles. The van der Waals surface area contributed by atoms with Crippen LogP contribution in [0, 0.1) is 0 Å². The Morgan fingerprint density at radius 3 is 1.10 bits per heavy atom. The molecule has 0 aliphatic carbocycles. The lowest BCUT2D eigenvalue weighted by molar-refractivity contribution is -0.137. The fraction of sp³-hybridized carbons (Fsp3) is 0.944. The highest BCUT2D eigenvalue weighted by atomic mass is 16.4. The minimum absolute atomic E-state index is 0.0968. The van der Waals surface area contributed by atoms with Crippen LogP contribution in [0.15, 0.2) is 0 Å². The maximum absolute atomic E-state index is 10.3. The number of hydrogen-bond acceptors (Lipinski definition) is 1.